The van der Waals surface area contributed by atoms with E-state index in [0.29, 0.717) is 6.10 Å². The van der Waals surface area contributed by atoms with Crippen LogP contribution in [-0.2, 0) is 4.74 Å². The molecule has 0 aromatic rings. The van der Waals surface area contributed by atoms with Crippen molar-refractivity contribution in [3.63, 3.8) is 0 Å². The Morgan fingerprint density at radius 1 is 0.952 bits per heavy atom. The molecule has 0 aromatic carbocycles. The monoisotopic (exact) mass is 293 g/mol. The van der Waals surface area contributed by atoms with Crippen molar-refractivity contribution in [2.45, 2.75) is 102 Å². The SMILES string of the molecule is CCC1CCC(CNC2CC2)(OC2CCC(C)CC2)CC1. The Labute approximate surface area is 131 Å². The van der Waals surface area contributed by atoms with Crippen molar-refractivity contribution in [1.29, 1.82) is 0 Å². The Kier molecular flexibility index (Phi) is 5.27. The van der Waals surface area contributed by atoms with Crippen LogP contribution in [0.2, 0.25) is 0 Å². The van der Waals surface area contributed by atoms with E-state index in [1.165, 1.54) is 70.6 Å². The van der Waals surface area contributed by atoms with Gasteiger partial charge < -0.3 is 10.1 Å². The molecule has 1 N–H and O–H groups in total. The van der Waals surface area contributed by atoms with Crippen LogP contribution in [0.5, 0.6) is 0 Å². The summed E-state index contributed by atoms with van der Waals surface area (Å²) in [4.78, 5) is 0. The van der Waals surface area contributed by atoms with Crippen LogP contribution in [0.15, 0.2) is 0 Å². The fourth-order valence-electron chi connectivity index (χ4n) is 4.27. The summed E-state index contributed by atoms with van der Waals surface area (Å²) in [5, 5.41) is 3.77. The minimum Gasteiger partial charge on any atom is -0.370 e. The maximum Gasteiger partial charge on any atom is 0.0810 e. The second kappa shape index (κ2) is 7.00. The fraction of sp³-hybridized carbons (Fsp3) is 1.00. The van der Waals surface area contributed by atoms with Gasteiger partial charge in [-0.05, 0) is 76.0 Å². The van der Waals surface area contributed by atoms with Crippen LogP contribution in [0.4, 0.5) is 0 Å². The van der Waals surface area contributed by atoms with Crippen LogP contribution in [0, 0.1) is 11.8 Å². The molecular weight excluding hydrogens is 258 g/mol. The van der Waals surface area contributed by atoms with Crippen molar-refractivity contribution >= 4 is 0 Å². The van der Waals surface area contributed by atoms with Crippen LogP contribution in [-0.4, -0.2) is 24.3 Å². The Morgan fingerprint density at radius 2 is 1.62 bits per heavy atom. The van der Waals surface area contributed by atoms with Crippen LogP contribution in [0.25, 0.3) is 0 Å². The molecule has 0 spiro atoms. The molecule has 0 aliphatic heterocycles. The van der Waals surface area contributed by atoms with E-state index in [9.17, 15) is 0 Å². The van der Waals surface area contributed by atoms with E-state index >= 15 is 0 Å². The van der Waals surface area contributed by atoms with Gasteiger partial charge in [0.25, 0.3) is 0 Å². The lowest BCUT2D eigenvalue weighted by Gasteiger charge is -2.44. The van der Waals surface area contributed by atoms with Crippen molar-refractivity contribution in [3.8, 4) is 0 Å². The lowest BCUT2D eigenvalue weighted by Crippen LogP contribution is -2.49. The summed E-state index contributed by atoms with van der Waals surface area (Å²) in [5.41, 5.74) is 0.166. The first-order valence-electron chi connectivity index (χ1n) is 9.60. The predicted molar refractivity (Wildman–Crippen MR) is 88.5 cm³/mol. The summed E-state index contributed by atoms with van der Waals surface area (Å²) in [7, 11) is 0. The molecule has 0 saturated heterocycles. The fourth-order valence-corrected chi connectivity index (χ4v) is 4.27. The molecule has 3 aliphatic rings. The van der Waals surface area contributed by atoms with E-state index in [1.54, 1.807) is 0 Å². The normalized spacial score (nSPS) is 41.1. The van der Waals surface area contributed by atoms with Crippen molar-refractivity contribution in [1.82, 2.24) is 5.32 Å². The molecule has 0 atom stereocenters. The van der Waals surface area contributed by atoms with Gasteiger partial charge in [-0.15, -0.1) is 0 Å². The highest BCUT2D eigenvalue weighted by Crippen LogP contribution is 2.39. The smallest absolute Gasteiger partial charge is 0.0810 e. The van der Waals surface area contributed by atoms with E-state index in [-0.39, 0.29) is 5.60 Å². The Hall–Kier alpha value is -0.0800. The van der Waals surface area contributed by atoms with Crippen LogP contribution in [0.3, 0.4) is 0 Å². The Bertz CT molecular complexity index is 310. The van der Waals surface area contributed by atoms with E-state index in [0.717, 1.165) is 24.4 Å². The van der Waals surface area contributed by atoms with Crippen LogP contribution >= 0.6 is 0 Å². The number of rotatable bonds is 6. The number of hydrogen-bond acceptors (Lipinski definition) is 2. The maximum absolute atomic E-state index is 6.78. The zero-order valence-corrected chi connectivity index (χ0v) is 14.2. The van der Waals surface area contributed by atoms with Gasteiger partial charge in [0.1, 0.15) is 0 Å². The third-order valence-electron chi connectivity index (χ3n) is 6.26. The molecule has 0 bridgehead atoms. The molecule has 2 heteroatoms. The summed E-state index contributed by atoms with van der Waals surface area (Å²) < 4.78 is 6.78. The maximum atomic E-state index is 6.78. The molecule has 2 nitrogen and oxygen atoms in total. The van der Waals surface area contributed by atoms with E-state index < -0.39 is 0 Å². The van der Waals surface area contributed by atoms with Crippen molar-refractivity contribution < 1.29 is 4.74 Å². The molecule has 0 aromatic heterocycles. The highest BCUT2D eigenvalue weighted by molar-refractivity contribution is 4.93. The third-order valence-corrected chi connectivity index (χ3v) is 6.26. The number of hydrogen-bond donors (Lipinski definition) is 1. The minimum absolute atomic E-state index is 0.166. The van der Waals surface area contributed by atoms with Crippen LogP contribution < -0.4 is 5.32 Å². The average Bonchev–Trinajstić information content (AvgIpc) is 3.33. The van der Waals surface area contributed by atoms with Crippen molar-refractivity contribution in [3.05, 3.63) is 0 Å². The van der Waals surface area contributed by atoms with E-state index in [2.05, 4.69) is 19.2 Å². The molecular formula is C19H35NO. The number of nitrogens with one attached hydrogen (secondary N) is 1. The molecule has 0 amide bonds. The molecule has 21 heavy (non-hydrogen) atoms. The first-order valence-corrected chi connectivity index (χ1v) is 9.60. The molecule has 122 valence electrons. The minimum atomic E-state index is 0.166. The zero-order chi connectivity index (χ0) is 14.7. The Morgan fingerprint density at radius 3 is 2.19 bits per heavy atom. The molecule has 0 heterocycles. The van der Waals surface area contributed by atoms with Gasteiger partial charge in [0, 0.05) is 12.6 Å². The first kappa shape index (κ1) is 15.8. The summed E-state index contributed by atoms with van der Waals surface area (Å²) in [6.07, 6.45) is 15.3. The summed E-state index contributed by atoms with van der Waals surface area (Å²) in [6, 6.07) is 0.806. The third kappa shape index (κ3) is 4.45. The highest BCUT2D eigenvalue weighted by atomic mass is 16.5. The summed E-state index contributed by atoms with van der Waals surface area (Å²) >= 11 is 0. The molecule has 0 unspecified atom stereocenters. The average molecular weight is 293 g/mol. The van der Waals surface area contributed by atoms with Gasteiger partial charge in [-0.3, -0.25) is 0 Å². The standard InChI is InChI=1S/C19H35NO/c1-3-16-10-12-19(13-11-16,14-20-17-6-7-17)21-18-8-4-15(2)5-9-18/h15-18,20H,3-14H2,1-2H3. The molecule has 3 aliphatic carbocycles. The van der Waals surface area contributed by atoms with Gasteiger partial charge in [0.2, 0.25) is 0 Å². The van der Waals surface area contributed by atoms with Crippen LogP contribution in [0.1, 0.15) is 84.5 Å². The quantitative estimate of drug-likeness (QED) is 0.768. The zero-order valence-electron chi connectivity index (χ0n) is 14.2. The second-order valence-corrected chi connectivity index (χ2v) is 8.19. The number of ether oxygens (including phenoxy) is 1. The molecule has 3 fully saturated rings. The van der Waals surface area contributed by atoms with Gasteiger partial charge in [-0.25, -0.2) is 0 Å². The lowest BCUT2D eigenvalue weighted by molar-refractivity contribution is -0.130. The summed E-state index contributed by atoms with van der Waals surface area (Å²) in [6.45, 7) is 5.86. The predicted octanol–water partition coefficient (Wildman–Crippen LogP) is 4.67. The van der Waals surface area contributed by atoms with Gasteiger partial charge >= 0.3 is 0 Å². The van der Waals surface area contributed by atoms with Crippen molar-refractivity contribution in [2.75, 3.05) is 6.54 Å². The molecule has 3 rings (SSSR count). The van der Waals surface area contributed by atoms with Gasteiger partial charge in [-0.1, -0.05) is 20.3 Å². The van der Waals surface area contributed by atoms with Gasteiger partial charge in [0.05, 0.1) is 11.7 Å². The largest absolute Gasteiger partial charge is 0.370 e. The summed E-state index contributed by atoms with van der Waals surface area (Å²) in [5.74, 6) is 1.87. The highest BCUT2D eigenvalue weighted by Gasteiger charge is 2.39. The topological polar surface area (TPSA) is 21.3 Å². The molecule has 0 radical (unpaired) electrons. The van der Waals surface area contributed by atoms with E-state index in [4.69, 9.17) is 4.74 Å². The lowest BCUT2D eigenvalue weighted by atomic mass is 9.77. The van der Waals surface area contributed by atoms with Gasteiger partial charge in [0.15, 0.2) is 0 Å². The van der Waals surface area contributed by atoms with Gasteiger partial charge in [-0.2, -0.15) is 0 Å². The first-order chi connectivity index (χ1) is 10.2. The van der Waals surface area contributed by atoms with Crippen molar-refractivity contribution in [2.24, 2.45) is 11.8 Å². The molecule has 3 saturated carbocycles. The second-order valence-electron chi connectivity index (χ2n) is 8.19. The Balaban J connectivity index is 1.55. The van der Waals surface area contributed by atoms with E-state index in [1.807, 2.05) is 0 Å².